The van der Waals surface area contributed by atoms with Crippen molar-refractivity contribution in [2.24, 2.45) is 5.73 Å². The first kappa shape index (κ1) is 15.4. The second kappa shape index (κ2) is 7.15. The summed E-state index contributed by atoms with van der Waals surface area (Å²) in [7, 11) is 0. The van der Waals surface area contributed by atoms with E-state index in [1.807, 2.05) is 11.6 Å². The molecule has 0 spiro atoms. The molecule has 6 nitrogen and oxygen atoms in total. The van der Waals surface area contributed by atoms with Gasteiger partial charge in [-0.2, -0.15) is 5.10 Å². The van der Waals surface area contributed by atoms with Crippen molar-refractivity contribution in [3.8, 4) is 0 Å². The standard InChI is InChI=1S/C14H26N4O2/c1-3-8-20-13-9-11(4-5-12(13)15)14-16-10(2)17-18(14)6-7-19/h11-13,19H,3-9,15H2,1-2H3/t11-,12-,13-/m0/s1. The van der Waals surface area contributed by atoms with E-state index in [1.54, 1.807) is 0 Å². The molecule has 1 aliphatic carbocycles. The van der Waals surface area contributed by atoms with E-state index < -0.39 is 0 Å². The summed E-state index contributed by atoms with van der Waals surface area (Å²) in [5.74, 6) is 2.05. The second-order valence-corrected chi connectivity index (χ2v) is 5.55. The van der Waals surface area contributed by atoms with Gasteiger partial charge in [0.25, 0.3) is 0 Å². The van der Waals surface area contributed by atoms with Crippen LogP contribution >= 0.6 is 0 Å². The first-order chi connectivity index (χ1) is 9.65. The van der Waals surface area contributed by atoms with Gasteiger partial charge in [0.1, 0.15) is 11.6 Å². The highest BCUT2D eigenvalue weighted by molar-refractivity contribution is 5.04. The minimum Gasteiger partial charge on any atom is -0.394 e. The van der Waals surface area contributed by atoms with Crippen molar-refractivity contribution in [3.05, 3.63) is 11.6 Å². The van der Waals surface area contributed by atoms with Crippen LogP contribution in [-0.2, 0) is 11.3 Å². The topological polar surface area (TPSA) is 86.2 Å². The maximum absolute atomic E-state index is 9.13. The molecule has 0 saturated heterocycles. The van der Waals surface area contributed by atoms with Crippen LogP contribution in [0.15, 0.2) is 0 Å². The number of aliphatic hydroxyl groups is 1. The summed E-state index contributed by atoms with van der Waals surface area (Å²) in [6.45, 7) is 5.33. The molecule has 0 aromatic carbocycles. The molecule has 1 heterocycles. The second-order valence-electron chi connectivity index (χ2n) is 5.55. The van der Waals surface area contributed by atoms with Gasteiger partial charge in [-0.15, -0.1) is 0 Å². The summed E-state index contributed by atoms with van der Waals surface area (Å²) in [6.07, 6.45) is 3.97. The van der Waals surface area contributed by atoms with Crippen LogP contribution in [0, 0.1) is 6.92 Å². The van der Waals surface area contributed by atoms with Crippen molar-refractivity contribution in [2.75, 3.05) is 13.2 Å². The van der Waals surface area contributed by atoms with Crippen LogP contribution in [0.1, 0.15) is 50.2 Å². The molecule has 0 bridgehead atoms. The molecule has 1 aromatic rings. The van der Waals surface area contributed by atoms with Gasteiger partial charge in [-0.1, -0.05) is 6.92 Å². The predicted molar refractivity (Wildman–Crippen MR) is 76.4 cm³/mol. The highest BCUT2D eigenvalue weighted by Gasteiger charge is 2.32. The van der Waals surface area contributed by atoms with E-state index in [0.717, 1.165) is 43.9 Å². The Morgan fingerprint density at radius 3 is 2.95 bits per heavy atom. The summed E-state index contributed by atoms with van der Waals surface area (Å²) in [4.78, 5) is 4.54. The largest absolute Gasteiger partial charge is 0.394 e. The lowest BCUT2D eigenvalue weighted by Gasteiger charge is -2.33. The Morgan fingerprint density at radius 1 is 1.45 bits per heavy atom. The van der Waals surface area contributed by atoms with Gasteiger partial charge in [0.2, 0.25) is 0 Å². The van der Waals surface area contributed by atoms with Gasteiger partial charge in [-0.3, -0.25) is 0 Å². The Hall–Kier alpha value is -0.980. The summed E-state index contributed by atoms with van der Waals surface area (Å²) >= 11 is 0. The Bertz CT molecular complexity index is 421. The van der Waals surface area contributed by atoms with E-state index in [1.165, 1.54) is 0 Å². The molecule has 114 valence electrons. The van der Waals surface area contributed by atoms with Crippen molar-refractivity contribution in [1.82, 2.24) is 14.8 Å². The third-order valence-electron chi connectivity index (χ3n) is 3.86. The molecule has 20 heavy (non-hydrogen) atoms. The van der Waals surface area contributed by atoms with Gasteiger partial charge in [0, 0.05) is 18.6 Å². The number of aliphatic hydroxyl groups excluding tert-OH is 1. The molecular formula is C14H26N4O2. The number of nitrogens with zero attached hydrogens (tertiary/aromatic N) is 3. The molecule has 0 unspecified atom stereocenters. The van der Waals surface area contributed by atoms with Gasteiger partial charge in [-0.05, 0) is 32.6 Å². The average Bonchev–Trinajstić information content (AvgIpc) is 2.79. The van der Waals surface area contributed by atoms with Crippen LogP contribution in [-0.4, -0.2) is 45.2 Å². The lowest BCUT2D eigenvalue weighted by molar-refractivity contribution is 0.00855. The first-order valence-electron chi connectivity index (χ1n) is 7.55. The minimum atomic E-state index is 0.0811. The average molecular weight is 282 g/mol. The van der Waals surface area contributed by atoms with E-state index in [4.69, 9.17) is 15.6 Å². The lowest BCUT2D eigenvalue weighted by Crippen LogP contribution is -2.42. The van der Waals surface area contributed by atoms with E-state index in [-0.39, 0.29) is 18.8 Å². The summed E-state index contributed by atoms with van der Waals surface area (Å²) in [5.41, 5.74) is 6.15. The fraction of sp³-hybridized carbons (Fsp3) is 0.857. The third-order valence-corrected chi connectivity index (χ3v) is 3.86. The van der Waals surface area contributed by atoms with Gasteiger partial charge in [-0.25, -0.2) is 9.67 Å². The highest BCUT2D eigenvalue weighted by Crippen LogP contribution is 2.33. The fourth-order valence-corrected chi connectivity index (χ4v) is 2.88. The predicted octanol–water partition coefficient (Wildman–Crippen LogP) is 0.969. The lowest BCUT2D eigenvalue weighted by atomic mass is 9.83. The van der Waals surface area contributed by atoms with Crippen LogP contribution in [0.25, 0.3) is 0 Å². The van der Waals surface area contributed by atoms with Gasteiger partial charge in [0.05, 0.1) is 19.3 Å². The first-order valence-corrected chi connectivity index (χ1v) is 7.55. The Balaban J connectivity index is 2.08. The molecule has 1 fully saturated rings. The van der Waals surface area contributed by atoms with Gasteiger partial charge < -0.3 is 15.6 Å². The normalized spacial score (nSPS) is 26.9. The summed E-state index contributed by atoms with van der Waals surface area (Å²) in [5, 5.41) is 13.5. The molecular weight excluding hydrogens is 256 g/mol. The monoisotopic (exact) mass is 282 g/mol. The molecule has 1 saturated carbocycles. The Morgan fingerprint density at radius 2 is 2.25 bits per heavy atom. The van der Waals surface area contributed by atoms with Crippen LogP contribution in [0.4, 0.5) is 0 Å². The van der Waals surface area contributed by atoms with Crippen LogP contribution < -0.4 is 5.73 Å². The number of ether oxygens (including phenoxy) is 1. The van der Waals surface area contributed by atoms with E-state index in [0.29, 0.717) is 12.5 Å². The van der Waals surface area contributed by atoms with E-state index in [2.05, 4.69) is 17.0 Å². The fourth-order valence-electron chi connectivity index (χ4n) is 2.88. The van der Waals surface area contributed by atoms with Crippen molar-refractivity contribution in [1.29, 1.82) is 0 Å². The van der Waals surface area contributed by atoms with Crippen molar-refractivity contribution < 1.29 is 9.84 Å². The third kappa shape index (κ3) is 3.56. The number of nitrogens with two attached hydrogens (primary N) is 1. The molecule has 1 aromatic heterocycles. The van der Waals surface area contributed by atoms with E-state index >= 15 is 0 Å². The molecule has 2 rings (SSSR count). The van der Waals surface area contributed by atoms with E-state index in [9.17, 15) is 0 Å². The number of hydrogen-bond donors (Lipinski definition) is 2. The minimum absolute atomic E-state index is 0.0811. The number of rotatable bonds is 6. The quantitative estimate of drug-likeness (QED) is 0.812. The maximum atomic E-state index is 9.13. The number of aryl methyl sites for hydroxylation is 1. The molecule has 0 radical (unpaired) electrons. The van der Waals surface area contributed by atoms with Crippen LogP contribution in [0.3, 0.4) is 0 Å². The Kier molecular flexibility index (Phi) is 5.51. The smallest absolute Gasteiger partial charge is 0.147 e. The van der Waals surface area contributed by atoms with Crippen molar-refractivity contribution in [3.63, 3.8) is 0 Å². The molecule has 0 aliphatic heterocycles. The van der Waals surface area contributed by atoms with Crippen molar-refractivity contribution >= 4 is 0 Å². The highest BCUT2D eigenvalue weighted by atomic mass is 16.5. The molecule has 3 N–H and O–H groups in total. The Labute approximate surface area is 120 Å². The zero-order chi connectivity index (χ0) is 14.5. The maximum Gasteiger partial charge on any atom is 0.147 e. The molecule has 3 atom stereocenters. The molecule has 0 amide bonds. The van der Waals surface area contributed by atoms with Crippen LogP contribution in [0.2, 0.25) is 0 Å². The zero-order valence-corrected chi connectivity index (χ0v) is 12.5. The zero-order valence-electron chi connectivity index (χ0n) is 12.5. The van der Waals surface area contributed by atoms with Crippen molar-refractivity contribution in [2.45, 2.75) is 64.1 Å². The molecule has 6 heteroatoms. The van der Waals surface area contributed by atoms with Gasteiger partial charge in [0.15, 0.2) is 0 Å². The van der Waals surface area contributed by atoms with Crippen LogP contribution in [0.5, 0.6) is 0 Å². The summed E-state index contributed by atoms with van der Waals surface area (Å²) in [6, 6.07) is 0.119. The number of aromatic nitrogens is 3. The van der Waals surface area contributed by atoms with Gasteiger partial charge >= 0.3 is 0 Å². The number of hydrogen-bond acceptors (Lipinski definition) is 5. The molecule has 1 aliphatic rings. The summed E-state index contributed by atoms with van der Waals surface area (Å²) < 4.78 is 7.70. The SMILES string of the molecule is CCCO[C@H]1C[C@@H](c2nc(C)nn2CCO)CC[C@@H]1N.